The Balaban J connectivity index is 2.35. The van der Waals surface area contributed by atoms with Gasteiger partial charge in [0.25, 0.3) is 0 Å². The second-order valence-corrected chi connectivity index (χ2v) is 4.95. The average molecular weight is 225 g/mol. The fourth-order valence-corrected chi connectivity index (χ4v) is 2.00. The number of nitriles is 1. The molecule has 1 rings (SSSR count). The molecule has 1 unspecified atom stereocenters. The molecule has 4 nitrogen and oxygen atoms in total. The molecule has 1 aliphatic heterocycles. The lowest BCUT2D eigenvalue weighted by atomic mass is 9.98. The highest BCUT2D eigenvalue weighted by molar-refractivity contribution is 5.04. The first-order chi connectivity index (χ1) is 7.56. The Labute approximate surface area is 98.6 Å². The zero-order valence-electron chi connectivity index (χ0n) is 10.6. The summed E-state index contributed by atoms with van der Waals surface area (Å²) in [5, 5.41) is 12.5. The second kappa shape index (κ2) is 6.19. The lowest BCUT2D eigenvalue weighted by Crippen LogP contribution is -2.48. The molecule has 0 aliphatic carbocycles. The Kier molecular flexibility index (Phi) is 5.20. The number of nitrogens with one attached hydrogen (secondary N) is 1. The second-order valence-electron chi connectivity index (χ2n) is 4.95. The van der Waals surface area contributed by atoms with Crippen molar-refractivity contribution in [2.75, 3.05) is 32.8 Å². The van der Waals surface area contributed by atoms with E-state index in [1.807, 2.05) is 6.92 Å². The summed E-state index contributed by atoms with van der Waals surface area (Å²) in [6.45, 7) is 10.7. The van der Waals surface area contributed by atoms with Gasteiger partial charge in [-0.2, -0.15) is 5.26 Å². The topological polar surface area (TPSA) is 48.3 Å². The number of ether oxygens (including phenoxy) is 1. The van der Waals surface area contributed by atoms with Crippen LogP contribution in [0.25, 0.3) is 0 Å². The van der Waals surface area contributed by atoms with E-state index >= 15 is 0 Å². The van der Waals surface area contributed by atoms with Crippen molar-refractivity contribution in [2.24, 2.45) is 0 Å². The summed E-state index contributed by atoms with van der Waals surface area (Å²) in [4.78, 5) is 2.36. The van der Waals surface area contributed by atoms with Crippen LogP contribution < -0.4 is 5.32 Å². The maximum atomic E-state index is 9.21. The monoisotopic (exact) mass is 225 g/mol. The molecule has 0 aromatic rings. The molecule has 1 atom stereocenters. The predicted molar refractivity (Wildman–Crippen MR) is 64.2 cm³/mol. The van der Waals surface area contributed by atoms with Gasteiger partial charge in [-0.05, 0) is 27.2 Å². The summed E-state index contributed by atoms with van der Waals surface area (Å²) in [6.07, 6.45) is 0.863. The minimum Gasteiger partial charge on any atom is -0.379 e. The standard InChI is InChI=1S/C12H23N3O/c1-11(2)14-12(3,10-13)4-5-15-6-8-16-9-7-15/h11,14H,4-9H2,1-3H3. The van der Waals surface area contributed by atoms with E-state index in [0.717, 1.165) is 39.3 Å². The number of morpholine rings is 1. The van der Waals surface area contributed by atoms with Crippen molar-refractivity contribution in [2.45, 2.75) is 38.8 Å². The van der Waals surface area contributed by atoms with Crippen LogP contribution in [0.2, 0.25) is 0 Å². The molecule has 0 amide bonds. The SMILES string of the molecule is CC(C)NC(C)(C#N)CCN1CCOCC1. The summed E-state index contributed by atoms with van der Waals surface area (Å²) in [5.41, 5.74) is -0.410. The highest BCUT2D eigenvalue weighted by Crippen LogP contribution is 2.11. The molecule has 1 N–H and O–H groups in total. The van der Waals surface area contributed by atoms with E-state index < -0.39 is 5.54 Å². The number of rotatable bonds is 5. The van der Waals surface area contributed by atoms with Crippen molar-refractivity contribution in [3.8, 4) is 6.07 Å². The Morgan fingerprint density at radius 3 is 2.56 bits per heavy atom. The highest BCUT2D eigenvalue weighted by Gasteiger charge is 2.25. The molecular formula is C12H23N3O. The quantitative estimate of drug-likeness (QED) is 0.758. The Morgan fingerprint density at radius 2 is 2.06 bits per heavy atom. The zero-order valence-corrected chi connectivity index (χ0v) is 10.6. The van der Waals surface area contributed by atoms with E-state index in [0.29, 0.717) is 6.04 Å². The minimum absolute atomic E-state index is 0.342. The highest BCUT2D eigenvalue weighted by atomic mass is 16.5. The van der Waals surface area contributed by atoms with Crippen LogP contribution in [0.4, 0.5) is 0 Å². The number of nitrogens with zero attached hydrogens (tertiary/aromatic N) is 2. The smallest absolute Gasteiger partial charge is 0.105 e. The summed E-state index contributed by atoms with van der Waals surface area (Å²) >= 11 is 0. The van der Waals surface area contributed by atoms with Gasteiger partial charge in [0.05, 0.1) is 19.3 Å². The van der Waals surface area contributed by atoms with E-state index in [4.69, 9.17) is 4.74 Å². The number of hydrogen-bond acceptors (Lipinski definition) is 4. The molecule has 0 radical (unpaired) electrons. The van der Waals surface area contributed by atoms with Gasteiger partial charge in [0, 0.05) is 25.7 Å². The fourth-order valence-electron chi connectivity index (χ4n) is 2.00. The van der Waals surface area contributed by atoms with Crippen molar-refractivity contribution in [3.05, 3.63) is 0 Å². The number of hydrogen-bond donors (Lipinski definition) is 1. The van der Waals surface area contributed by atoms with Gasteiger partial charge in [-0.25, -0.2) is 0 Å². The van der Waals surface area contributed by atoms with E-state index in [1.165, 1.54) is 0 Å². The third-order valence-corrected chi connectivity index (χ3v) is 2.89. The Hall–Kier alpha value is -0.630. The van der Waals surface area contributed by atoms with Crippen LogP contribution in [0, 0.1) is 11.3 Å². The van der Waals surface area contributed by atoms with Crippen LogP contribution in [-0.4, -0.2) is 49.3 Å². The third kappa shape index (κ3) is 4.48. The molecule has 4 heteroatoms. The van der Waals surface area contributed by atoms with Gasteiger partial charge >= 0.3 is 0 Å². The van der Waals surface area contributed by atoms with E-state index in [1.54, 1.807) is 0 Å². The van der Waals surface area contributed by atoms with Gasteiger partial charge in [0.15, 0.2) is 0 Å². The summed E-state index contributed by atoms with van der Waals surface area (Å²) in [6, 6.07) is 2.72. The fraction of sp³-hybridized carbons (Fsp3) is 0.917. The van der Waals surface area contributed by atoms with Crippen LogP contribution in [0.3, 0.4) is 0 Å². The summed E-state index contributed by atoms with van der Waals surface area (Å²) in [5.74, 6) is 0. The normalized spacial score (nSPS) is 21.7. The molecular weight excluding hydrogens is 202 g/mol. The van der Waals surface area contributed by atoms with Crippen molar-refractivity contribution in [1.82, 2.24) is 10.2 Å². The lowest BCUT2D eigenvalue weighted by molar-refractivity contribution is 0.0350. The van der Waals surface area contributed by atoms with E-state index in [2.05, 4.69) is 30.1 Å². The molecule has 92 valence electrons. The van der Waals surface area contributed by atoms with E-state index in [9.17, 15) is 5.26 Å². The first-order valence-electron chi connectivity index (χ1n) is 6.05. The molecule has 1 saturated heterocycles. The Morgan fingerprint density at radius 1 is 1.44 bits per heavy atom. The minimum atomic E-state index is -0.410. The maximum Gasteiger partial charge on any atom is 0.105 e. The van der Waals surface area contributed by atoms with Crippen LogP contribution >= 0.6 is 0 Å². The molecule has 0 bridgehead atoms. The third-order valence-electron chi connectivity index (χ3n) is 2.89. The first-order valence-corrected chi connectivity index (χ1v) is 6.05. The van der Waals surface area contributed by atoms with Crippen molar-refractivity contribution in [3.63, 3.8) is 0 Å². The molecule has 1 heterocycles. The van der Waals surface area contributed by atoms with Crippen molar-refractivity contribution >= 4 is 0 Å². The van der Waals surface area contributed by atoms with Crippen LogP contribution in [0.1, 0.15) is 27.2 Å². The molecule has 0 aromatic heterocycles. The maximum absolute atomic E-state index is 9.21. The van der Waals surface area contributed by atoms with Crippen molar-refractivity contribution in [1.29, 1.82) is 5.26 Å². The van der Waals surface area contributed by atoms with Gasteiger partial charge in [-0.3, -0.25) is 10.2 Å². The molecule has 1 aliphatic rings. The first kappa shape index (κ1) is 13.4. The molecule has 1 fully saturated rings. The lowest BCUT2D eigenvalue weighted by Gasteiger charge is -2.31. The van der Waals surface area contributed by atoms with Gasteiger partial charge in [0.2, 0.25) is 0 Å². The summed E-state index contributed by atoms with van der Waals surface area (Å²) in [7, 11) is 0. The van der Waals surface area contributed by atoms with Gasteiger partial charge in [-0.1, -0.05) is 0 Å². The summed E-state index contributed by atoms with van der Waals surface area (Å²) < 4.78 is 5.30. The molecule has 0 spiro atoms. The van der Waals surface area contributed by atoms with Crippen LogP contribution in [-0.2, 0) is 4.74 Å². The van der Waals surface area contributed by atoms with Gasteiger partial charge in [0.1, 0.15) is 5.54 Å². The van der Waals surface area contributed by atoms with Crippen LogP contribution in [0.15, 0.2) is 0 Å². The van der Waals surface area contributed by atoms with Crippen molar-refractivity contribution < 1.29 is 4.74 Å². The Bertz CT molecular complexity index is 243. The zero-order chi connectivity index (χ0) is 12.0. The molecule has 16 heavy (non-hydrogen) atoms. The predicted octanol–water partition coefficient (Wildman–Crippen LogP) is 0.989. The average Bonchev–Trinajstić information content (AvgIpc) is 2.27. The van der Waals surface area contributed by atoms with Crippen LogP contribution in [0.5, 0.6) is 0 Å². The van der Waals surface area contributed by atoms with Gasteiger partial charge < -0.3 is 4.74 Å². The largest absolute Gasteiger partial charge is 0.379 e. The molecule has 0 saturated carbocycles. The molecule has 0 aromatic carbocycles. The van der Waals surface area contributed by atoms with E-state index in [-0.39, 0.29) is 0 Å². The van der Waals surface area contributed by atoms with Gasteiger partial charge in [-0.15, -0.1) is 0 Å².